The van der Waals surface area contributed by atoms with Crippen molar-refractivity contribution in [2.75, 3.05) is 12.4 Å². The van der Waals surface area contributed by atoms with Gasteiger partial charge in [-0.1, -0.05) is 30.3 Å². The molecule has 0 aliphatic heterocycles. The molecule has 1 amide bonds. The summed E-state index contributed by atoms with van der Waals surface area (Å²) < 4.78 is 4.77. The van der Waals surface area contributed by atoms with Gasteiger partial charge in [0.15, 0.2) is 0 Å². The zero-order valence-electron chi connectivity index (χ0n) is 10.3. The molecule has 0 saturated heterocycles. The van der Waals surface area contributed by atoms with Crippen LogP contribution in [0, 0.1) is 0 Å². The van der Waals surface area contributed by atoms with E-state index in [4.69, 9.17) is 4.74 Å². The van der Waals surface area contributed by atoms with E-state index in [-0.39, 0.29) is 24.0 Å². The van der Waals surface area contributed by atoms with E-state index >= 15 is 0 Å². The van der Waals surface area contributed by atoms with Gasteiger partial charge in [0.2, 0.25) is 5.91 Å². The average molecular weight is 259 g/mol. The molecule has 0 spiro atoms. The molecule has 0 aliphatic carbocycles. The highest BCUT2D eigenvalue weighted by Crippen LogP contribution is 2.04. The number of H-pyrrole nitrogens is 1. The SMILES string of the molecule is COc1ncc(NC(=O)Cc2ccccc2)c(=O)[nH]1. The predicted octanol–water partition coefficient (Wildman–Crippen LogP) is 0.960. The Morgan fingerprint density at radius 3 is 2.74 bits per heavy atom. The maximum atomic E-state index is 11.8. The number of aromatic amines is 1. The molecule has 0 bridgehead atoms. The van der Waals surface area contributed by atoms with Crippen molar-refractivity contribution < 1.29 is 9.53 Å². The minimum absolute atomic E-state index is 0.0988. The van der Waals surface area contributed by atoms with Gasteiger partial charge in [0.1, 0.15) is 5.69 Å². The first kappa shape index (κ1) is 12.8. The third-order valence-corrected chi connectivity index (χ3v) is 2.45. The number of hydrogen-bond acceptors (Lipinski definition) is 4. The molecule has 6 heteroatoms. The normalized spacial score (nSPS) is 9.95. The summed E-state index contributed by atoms with van der Waals surface area (Å²) in [5, 5.41) is 2.51. The quantitative estimate of drug-likeness (QED) is 0.856. The lowest BCUT2D eigenvalue weighted by atomic mass is 10.1. The van der Waals surface area contributed by atoms with E-state index < -0.39 is 5.56 Å². The largest absolute Gasteiger partial charge is 0.468 e. The summed E-state index contributed by atoms with van der Waals surface area (Å²) in [6.07, 6.45) is 1.47. The van der Waals surface area contributed by atoms with E-state index in [9.17, 15) is 9.59 Å². The van der Waals surface area contributed by atoms with Crippen LogP contribution in [0.25, 0.3) is 0 Å². The number of carbonyl (C=O) groups is 1. The smallest absolute Gasteiger partial charge is 0.296 e. The summed E-state index contributed by atoms with van der Waals surface area (Å²) in [6.45, 7) is 0. The van der Waals surface area contributed by atoms with Crippen LogP contribution in [-0.2, 0) is 11.2 Å². The Morgan fingerprint density at radius 1 is 1.37 bits per heavy atom. The average Bonchev–Trinajstić information content (AvgIpc) is 2.42. The van der Waals surface area contributed by atoms with Crippen molar-refractivity contribution in [1.29, 1.82) is 0 Å². The highest BCUT2D eigenvalue weighted by Gasteiger charge is 2.08. The van der Waals surface area contributed by atoms with Gasteiger partial charge < -0.3 is 10.1 Å². The van der Waals surface area contributed by atoms with E-state index in [1.165, 1.54) is 13.3 Å². The van der Waals surface area contributed by atoms with Gasteiger partial charge in [0, 0.05) is 0 Å². The molecule has 98 valence electrons. The number of nitrogens with one attached hydrogen (secondary N) is 2. The van der Waals surface area contributed by atoms with Crippen LogP contribution in [0.4, 0.5) is 5.69 Å². The van der Waals surface area contributed by atoms with Gasteiger partial charge >= 0.3 is 0 Å². The maximum Gasteiger partial charge on any atom is 0.296 e. The van der Waals surface area contributed by atoms with E-state index in [1.807, 2.05) is 30.3 Å². The predicted molar refractivity (Wildman–Crippen MR) is 70.2 cm³/mol. The number of hydrogen-bond donors (Lipinski definition) is 2. The minimum Gasteiger partial charge on any atom is -0.468 e. The lowest BCUT2D eigenvalue weighted by Crippen LogP contribution is -2.21. The third-order valence-electron chi connectivity index (χ3n) is 2.45. The summed E-state index contributed by atoms with van der Waals surface area (Å²) in [4.78, 5) is 29.6. The number of methoxy groups -OCH3 is 1. The highest BCUT2D eigenvalue weighted by atomic mass is 16.5. The van der Waals surface area contributed by atoms with Gasteiger partial charge in [-0.2, -0.15) is 0 Å². The molecule has 0 saturated carbocycles. The lowest BCUT2D eigenvalue weighted by molar-refractivity contribution is -0.115. The fraction of sp³-hybridized carbons (Fsp3) is 0.154. The molecule has 0 unspecified atom stereocenters. The summed E-state index contributed by atoms with van der Waals surface area (Å²) in [6, 6.07) is 9.37. The number of rotatable bonds is 4. The second-order valence-electron chi connectivity index (χ2n) is 3.85. The Labute approximate surface area is 109 Å². The molecule has 1 aromatic carbocycles. The second-order valence-corrected chi connectivity index (χ2v) is 3.85. The van der Waals surface area contributed by atoms with Crippen LogP contribution in [0.1, 0.15) is 5.56 Å². The number of nitrogens with zero attached hydrogens (tertiary/aromatic N) is 1. The third kappa shape index (κ3) is 3.41. The first-order valence-electron chi connectivity index (χ1n) is 5.66. The molecule has 0 radical (unpaired) electrons. The standard InChI is InChI=1S/C13H13N3O3/c1-19-13-14-8-10(12(18)16-13)15-11(17)7-9-5-3-2-4-6-9/h2-6,8H,7H2,1H3,(H,15,17)(H,14,16,18). The Kier molecular flexibility index (Phi) is 3.92. The minimum atomic E-state index is -0.451. The Balaban J connectivity index is 2.05. The molecule has 2 rings (SSSR count). The molecule has 2 aromatic rings. The van der Waals surface area contributed by atoms with Gasteiger partial charge in [-0.05, 0) is 5.56 Å². The van der Waals surface area contributed by atoms with Crippen molar-refractivity contribution in [2.24, 2.45) is 0 Å². The van der Waals surface area contributed by atoms with Crippen LogP contribution in [0.3, 0.4) is 0 Å². The maximum absolute atomic E-state index is 11.8. The zero-order valence-corrected chi connectivity index (χ0v) is 10.3. The van der Waals surface area contributed by atoms with E-state index in [0.29, 0.717) is 0 Å². The summed E-state index contributed by atoms with van der Waals surface area (Å²) in [5.74, 6) is -0.274. The number of amides is 1. The van der Waals surface area contributed by atoms with Gasteiger partial charge in [-0.25, -0.2) is 4.98 Å². The van der Waals surface area contributed by atoms with Crippen molar-refractivity contribution >= 4 is 11.6 Å². The fourth-order valence-corrected chi connectivity index (χ4v) is 1.55. The summed E-state index contributed by atoms with van der Waals surface area (Å²) in [7, 11) is 1.39. The van der Waals surface area contributed by atoms with Gasteiger partial charge in [-0.15, -0.1) is 0 Å². The van der Waals surface area contributed by atoms with Crippen molar-refractivity contribution in [2.45, 2.75) is 6.42 Å². The van der Waals surface area contributed by atoms with Crippen molar-refractivity contribution in [1.82, 2.24) is 9.97 Å². The molecule has 1 aromatic heterocycles. The highest BCUT2D eigenvalue weighted by molar-refractivity contribution is 5.91. The molecular formula is C13H13N3O3. The van der Waals surface area contributed by atoms with Crippen LogP contribution < -0.4 is 15.6 Å². The van der Waals surface area contributed by atoms with Gasteiger partial charge in [0.05, 0.1) is 19.7 Å². The summed E-state index contributed by atoms with van der Waals surface area (Å²) >= 11 is 0. The van der Waals surface area contributed by atoms with E-state index in [2.05, 4.69) is 15.3 Å². The number of benzene rings is 1. The van der Waals surface area contributed by atoms with E-state index in [1.54, 1.807) is 0 Å². The Hall–Kier alpha value is -2.63. The monoisotopic (exact) mass is 259 g/mol. The first-order valence-corrected chi connectivity index (χ1v) is 5.66. The summed E-state index contributed by atoms with van der Waals surface area (Å²) in [5.41, 5.74) is 0.521. The molecule has 6 nitrogen and oxygen atoms in total. The van der Waals surface area contributed by atoms with Crippen LogP contribution >= 0.6 is 0 Å². The van der Waals surface area contributed by atoms with Gasteiger partial charge in [-0.3, -0.25) is 14.6 Å². The van der Waals surface area contributed by atoms with Crippen LogP contribution in [0.5, 0.6) is 6.01 Å². The molecule has 19 heavy (non-hydrogen) atoms. The fourth-order valence-electron chi connectivity index (χ4n) is 1.55. The van der Waals surface area contributed by atoms with Crippen molar-refractivity contribution in [3.63, 3.8) is 0 Å². The van der Waals surface area contributed by atoms with Gasteiger partial charge in [0.25, 0.3) is 11.6 Å². The van der Waals surface area contributed by atoms with Crippen LogP contribution in [-0.4, -0.2) is 23.0 Å². The Bertz CT molecular complexity index is 623. The molecule has 0 atom stereocenters. The molecule has 0 fully saturated rings. The van der Waals surface area contributed by atoms with Crippen molar-refractivity contribution in [3.8, 4) is 6.01 Å². The second kappa shape index (κ2) is 5.81. The molecule has 0 aliphatic rings. The number of aromatic nitrogens is 2. The Morgan fingerprint density at radius 2 is 2.11 bits per heavy atom. The molecule has 1 heterocycles. The number of anilines is 1. The topological polar surface area (TPSA) is 84.1 Å². The molecular weight excluding hydrogens is 246 g/mol. The van der Waals surface area contributed by atoms with Crippen LogP contribution in [0.15, 0.2) is 41.3 Å². The first-order chi connectivity index (χ1) is 9.19. The lowest BCUT2D eigenvalue weighted by Gasteiger charge is -2.05. The van der Waals surface area contributed by atoms with Crippen molar-refractivity contribution in [3.05, 3.63) is 52.4 Å². The number of carbonyl (C=O) groups excluding carboxylic acids is 1. The van der Waals surface area contributed by atoms with E-state index in [0.717, 1.165) is 5.56 Å². The van der Waals surface area contributed by atoms with Crippen LogP contribution in [0.2, 0.25) is 0 Å². The number of ether oxygens (including phenoxy) is 1. The zero-order chi connectivity index (χ0) is 13.7. The molecule has 2 N–H and O–H groups in total.